The summed E-state index contributed by atoms with van der Waals surface area (Å²) in [7, 11) is -1.76. The second-order valence-electron chi connectivity index (χ2n) is 4.75. The van der Waals surface area contributed by atoms with Gasteiger partial charge in [-0.15, -0.1) is 0 Å². The summed E-state index contributed by atoms with van der Waals surface area (Å²) >= 11 is 0. The number of hydrogen-bond donors (Lipinski definition) is 2. The van der Waals surface area contributed by atoms with Crippen LogP contribution in [0.2, 0.25) is 0 Å². The number of nitrogens with one attached hydrogen (secondary N) is 2. The first kappa shape index (κ1) is 23.8. The van der Waals surface area contributed by atoms with Crippen molar-refractivity contribution < 1.29 is 31.6 Å². The summed E-state index contributed by atoms with van der Waals surface area (Å²) in [4.78, 5) is 19.7. The quantitative estimate of drug-likeness (QED) is 0.588. The first-order valence-corrected chi connectivity index (χ1v) is 8.99. The third-order valence-electron chi connectivity index (χ3n) is 2.89. The molecular weight excluding hydrogens is 403 g/mol. The number of rotatable bonds is 8. The molecule has 0 aliphatic carbocycles. The number of anilines is 1. The van der Waals surface area contributed by atoms with E-state index >= 15 is 0 Å². The van der Waals surface area contributed by atoms with Crippen molar-refractivity contribution in [3.8, 4) is 23.3 Å². The van der Waals surface area contributed by atoms with E-state index in [0.29, 0.717) is 6.61 Å². The number of carbonyl (C=O) groups is 1. The summed E-state index contributed by atoms with van der Waals surface area (Å²) in [5.41, 5.74) is 0. The summed E-state index contributed by atoms with van der Waals surface area (Å²) in [5.74, 6) is 0.142. The Hall–Kier alpha value is -2.28. The van der Waals surface area contributed by atoms with Crippen LogP contribution in [0.25, 0.3) is 0 Å². The van der Waals surface area contributed by atoms with E-state index in [1.807, 2.05) is 0 Å². The van der Waals surface area contributed by atoms with Crippen LogP contribution < -0.4 is 28.4 Å². The van der Waals surface area contributed by atoms with Crippen molar-refractivity contribution in [3.05, 3.63) is 30.3 Å². The minimum atomic E-state index is -4.49. The zero-order chi connectivity index (χ0) is 19.9. The number of ether oxygens (including phenoxy) is 3. The average molecular weight is 422 g/mol. The van der Waals surface area contributed by atoms with Crippen LogP contribution in [0.15, 0.2) is 30.3 Å². The van der Waals surface area contributed by atoms with Gasteiger partial charge >= 0.3 is 45.9 Å². The van der Waals surface area contributed by atoms with Crippen LogP contribution in [0.4, 0.5) is 10.7 Å². The standard InChI is InChI=1S/C15H18N4O7S.Na.H/c1-4-25-10-7-5-6-8-11(10)26-27(21,22)19-15(20)18-14-16-12(23-2)9-13(17-14)24-3;;/h5-9H,4H2,1-3H3,(H2,16,17,18,19,20);;. The first-order chi connectivity index (χ1) is 12.9. The Labute approximate surface area is 184 Å². The zero-order valence-corrected chi connectivity index (χ0v) is 15.6. The number of carbonyl (C=O) groups excluding carboxylic acids is 1. The second kappa shape index (κ2) is 10.9. The summed E-state index contributed by atoms with van der Waals surface area (Å²) in [6.07, 6.45) is 0. The van der Waals surface area contributed by atoms with Gasteiger partial charge in [-0.05, 0) is 19.1 Å². The molecule has 0 fully saturated rings. The molecule has 2 amide bonds. The van der Waals surface area contributed by atoms with Gasteiger partial charge < -0.3 is 18.4 Å². The molecule has 0 aliphatic heterocycles. The number of para-hydroxylation sites is 2. The van der Waals surface area contributed by atoms with E-state index in [9.17, 15) is 13.2 Å². The number of nitrogens with zero attached hydrogens (tertiary/aromatic N) is 2. The molecule has 1 heterocycles. The molecule has 0 radical (unpaired) electrons. The van der Waals surface area contributed by atoms with Crippen molar-refractivity contribution in [1.82, 2.24) is 14.7 Å². The van der Waals surface area contributed by atoms with Crippen molar-refractivity contribution >= 4 is 51.8 Å². The maximum absolute atomic E-state index is 12.1. The minimum absolute atomic E-state index is 0. The average Bonchev–Trinajstić information content (AvgIpc) is 2.62. The van der Waals surface area contributed by atoms with E-state index in [-0.39, 0.29) is 58.8 Å². The molecule has 0 saturated heterocycles. The molecule has 0 unspecified atom stereocenters. The third-order valence-corrected chi connectivity index (χ3v) is 3.72. The Bertz CT molecular complexity index is 889. The first-order valence-electron chi connectivity index (χ1n) is 7.59. The van der Waals surface area contributed by atoms with Crippen molar-refractivity contribution in [2.75, 3.05) is 26.1 Å². The van der Waals surface area contributed by atoms with Gasteiger partial charge in [0.2, 0.25) is 17.7 Å². The summed E-state index contributed by atoms with van der Waals surface area (Å²) in [6, 6.07) is 6.37. The van der Waals surface area contributed by atoms with Gasteiger partial charge in [0.25, 0.3) is 0 Å². The fourth-order valence-electron chi connectivity index (χ4n) is 1.84. The van der Waals surface area contributed by atoms with Crippen molar-refractivity contribution in [3.63, 3.8) is 0 Å². The van der Waals surface area contributed by atoms with Crippen LogP contribution in [0.5, 0.6) is 23.3 Å². The van der Waals surface area contributed by atoms with Gasteiger partial charge in [0.05, 0.1) is 26.9 Å². The van der Waals surface area contributed by atoms with Crippen LogP contribution in [0.3, 0.4) is 0 Å². The Balaban J connectivity index is 0.00000392. The van der Waals surface area contributed by atoms with Gasteiger partial charge in [-0.25, -0.2) is 9.52 Å². The van der Waals surface area contributed by atoms with E-state index in [2.05, 4.69) is 15.3 Å². The van der Waals surface area contributed by atoms with Gasteiger partial charge in [0.1, 0.15) is 0 Å². The Kier molecular flexibility index (Phi) is 9.25. The molecule has 13 heteroatoms. The van der Waals surface area contributed by atoms with Gasteiger partial charge in [-0.3, -0.25) is 5.32 Å². The van der Waals surface area contributed by atoms with E-state index < -0.39 is 16.3 Å². The summed E-state index contributed by atoms with van der Waals surface area (Å²) < 4.78 is 45.8. The summed E-state index contributed by atoms with van der Waals surface area (Å²) in [5, 5.41) is 2.15. The predicted octanol–water partition coefficient (Wildman–Crippen LogP) is 0.689. The molecule has 2 aromatic rings. The molecule has 2 rings (SSSR count). The number of benzene rings is 1. The molecule has 0 saturated carbocycles. The zero-order valence-electron chi connectivity index (χ0n) is 14.8. The van der Waals surface area contributed by atoms with Crippen LogP contribution in [-0.4, -0.2) is 74.8 Å². The molecule has 1 aromatic carbocycles. The van der Waals surface area contributed by atoms with E-state index in [1.165, 1.54) is 32.4 Å². The molecule has 28 heavy (non-hydrogen) atoms. The fraction of sp³-hybridized carbons (Fsp3) is 0.267. The number of urea groups is 1. The molecule has 11 nitrogen and oxygen atoms in total. The number of aromatic nitrogens is 2. The molecule has 1 aromatic heterocycles. The maximum atomic E-state index is 12.1. The van der Waals surface area contributed by atoms with Crippen LogP contribution >= 0.6 is 0 Å². The van der Waals surface area contributed by atoms with Gasteiger partial charge in [0.15, 0.2) is 11.5 Å². The van der Waals surface area contributed by atoms with E-state index in [4.69, 9.17) is 18.4 Å². The summed E-state index contributed by atoms with van der Waals surface area (Å²) in [6.45, 7) is 2.04. The van der Waals surface area contributed by atoms with Gasteiger partial charge in [-0.2, -0.15) is 18.4 Å². The molecule has 0 spiro atoms. The molecular formula is C15H19N4NaO7S. The van der Waals surface area contributed by atoms with Crippen molar-refractivity contribution in [2.45, 2.75) is 6.92 Å². The Morgan fingerprint density at radius 3 is 2.18 bits per heavy atom. The molecule has 2 N–H and O–H groups in total. The normalized spacial score (nSPS) is 10.2. The number of amides is 2. The SMILES string of the molecule is CCOc1ccccc1OS(=O)(=O)NC(=O)Nc1nc(OC)cc(OC)n1.[NaH]. The molecule has 148 valence electrons. The monoisotopic (exact) mass is 422 g/mol. The van der Waals surface area contributed by atoms with E-state index in [0.717, 1.165) is 0 Å². The predicted molar refractivity (Wildman–Crippen MR) is 102 cm³/mol. The van der Waals surface area contributed by atoms with Gasteiger partial charge in [-0.1, -0.05) is 12.1 Å². The Morgan fingerprint density at radius 1 is 1.07 bits per heavy atom. The fourth-order valence-corrected chi connectivity index (χ4v) is 2.54. The topological polar surface area (TPSA) is 138 Å². The van der Waals surface area contributed by atoms with E-state index in [1.54, 1.807) is 23.8 Å². The van der Waals surface area contributed by atoms with Gasteiger partial charge in [0, 0.05) is 0 Å². The molecule has 0 aliphatic rings. The third kappa shape index (κ3) is 7.03. The molecule has 0 bridgehead atoms. The molecule has 0 atom stereocenters. The number of methoxy groups -OCH3 is 2. The Morgan fingerprint density at radius 2 is 1.64 bits per heavy atom. The second-order valence-corrected chi connectivity index (χ2v) is 6.03. The van der Waals surface area contributed by atoms with Crippen molar-refractivity contribution in [1.29, 1.82) is 0 Å². The van der Waals surface area contributed by atoms with Crippen LogP contribution in [0, 0.1) is 0 Å². The van der Waals surface area contributed by atoms with Crippen LogP contribution in [-0.2, 0) is 10.3 Å². The number of hydrogen-bond acceptors (Lipinski definition) is 9. The van der Waals surface area contributed by atoms with Crippen molar-refractivity contribution in [2.24, 2.45) is 0 Å². The van der Waals surface area contributed by atoms with Crippen LogP contribution in [0.1, 0.15) is 6.92 Å².